The molecule has 0 saturated heterocycles. The minimum Gasteiger partial charge on any atom is -0.369 e. The Morgan fingerprint density at radius 2 is 2.17 bits per heavy atom. The molecule has 0 aromatic heterocycles. The normalized spacial score (nSPS) is 17.8. The lowest BCUT2D eigenvalue weighted by molar-refractivity contribution is -0.117. The van der Waals surface area contributed by atoms with E-state index in [1.54, 1.807) is 0 Å². The van der Waals surface area contributed by atoms with Crippen molar-refractivity contribution in [3.63, 3.8) is 0 Å². The number of nitrogens with one attached hydrogen (secondary N) is 1. The summed E-state index contributed by atoms with van der Waals surface area (Å²) in [7, 11) is 0. The van der Waals surface area contributed by atoms with Crippen LogP contribution in [0, 0.1) is 5.92 Å². The topological polar surface area (TPSA) is 55.1 Å². The number of carbonyl (C=O) groups excluding carboxylic acids is 1. The van der Waals surface area contributed by atoms with Crippen molar-refractivity contribution in [1.29, 1.82) is 0 Å². The Bertz CT molecular complexity index is 416. The van der Waals surface area contributed by atoms with Crippen LogP contribution in [-0.4, -0.2) is 12.5 Å². The fraction of sp³-hybridized carbons (Fsp3) is 0.500. The molecule has 0 unspecified atom stereocenters. The van der Waals surface area contributed by atoms with Gasteiger partial charge in [-0.25, -0.2) is 0 Å². The van der Waals surface area contributed by atoms with Gasteiger partial charge < -0.3 is 11.1 Å². The van der Waals surface area contributed by atoms with Gasteiger partial charge in [0.15, 0.2) is 0 Å². The minimum absolute atomic E-state index is 0.179. The highest BCUT2D eigenvalue weighted by Gasteiger charge is 2.26. The van der Waals surface area contributed by atoms with Crippen LogP contribution in [0.4, 0.5) is 0 Å². The van der Waals surface area contributed by atoms with Crippen molar-refractivity contribution < 1.29 is 4.79 Å². The first-order chi connectivity index (χ1) is 8.66. The molecular weight excluding hydrogens is 248 g/mol. The van der Waals surface area contributed by atoms with E-state index in [1.807, 2.05) is 18.2 Å². The fourth-order valence-electron chi connectivity index (χ4n) is 2.76. The molecule has 2 rings (SSSR count). The van der Waals surface area contributed by atoms with Crippen LogP contribution in [0.15, 0.2) is 24.3 Å². The maximum Gasteiger partial charge on any atom is 0.231 e. The standard InChI is InChI=1S/C14H19ClN2O/c15-12-7-3-6-11(8-12)14(17-9-13(16)18)10-4-1-2-5-10/h3,6-8,10,14,17H,1-2,4-5,9H2,(H2,16,18)/t14-/m0/s1. The van der Waals surface area contributed by atoms with Gasteiger partial charge in [-0.2, -0.15) is 0 Å². The van der Waals surface area contributed by atoms with Crippen LogP contribution in [-0.2, 0) is 4.79 Å². The Balaban J connectivity index is 2.14. The predicted molar refractivity (Wildman–Crippen MR) is 73.3 cm³/mol. The third-order valence-electron chi connectivity index (χ3n) is 3.58. The molecule has 3 N–H and O–H groups in total. The SMILES string of the molecule is NC(=O)CN[C@H](c1cccc(Cl)c1)C1CCCC1. The van der Waals surface area contributed by atoms with E-state index in [0.717, 1.165) is 10.6 Å². The fourth-order valence-corrected chi connectivity index (χ4v) is 2.96. The van der Waals surface area contributed by atoms with Gasteiger partial charge in [0, 0.05) is 11.1 Å². The highest BCUT2D eigenvalue weighted by atomic mass is 35.5. The molecule has 4 heteroatoms. The zero-order valence-electron chi connectivity index (χ0n) is 10.4. The molecule has 1 saturated carbocycles. The van der Waals surface area contributed by atoms with Gasteiger partial charge in [0.25, 0.3) is 0 Å². The van der Waals surface area contributed by atoms with Gasteiger partial charge in [0.05, 0.1) is 6.54 Å². The van der Waals surface area contributed by atoms with Gasteiger partial charge in [0.1, 0.15) is 0 Å². The summed E-state index contributed by atoms with van der Waals surface area (Å²) in [4.78, 5) is 11.0. The maximum absolute atomic E-state index is 11.0. The number of rotatable bonds is 5. The van der Waals surface area contributed by atoms with E-state index in [2.05, 4.69) is 11.4 Å². The van der Waals surface area contributed by atoms with Crippen molar-refractivity contribution in [2.75, 3.05) is 6.54 Å². The van der Waals surface area contributed by atoms with Crippen molar-refractivity contribution >= 4 is 17.5 Å². The van der Waals surface area contributed by atoms with Crippen molar-refractivity contribution in [2.24, 2.45) is 11.7 Å². The first kappa shape index (κ1) is 13.4. The number of carbonyl (C=O) groups is 1. The number of hydrogen-bond donors (Lipinski definition) is 2. The Hall–Kier alpha value is -1.06. The van der Waals surface area contributed by atoms with E-state index in [9.17, 15) is 4.79 Å². The first-order valence-corrected chi connectivity index (χ1v) is 6.82. The second kappa shape index (κ2) is 6.21. The van der Waals surface area contributed by atoms with Crippen LogP contribution in [0.5, 0.6) is 0 Å². The van der Waals surface area contributed by atoms with Crippen LogP contribution in [0.25, 0.3) is 0 Å². The van der Waals surface area contributed by atoms with Crippen LogP contribution in [0.3, 0.4) is 0 Å². The number of nitrogens with two attached hydrogens (primary N) is 1. The molecule has 1 fully saturated rings. The molecule has 98 valence electrons. The van der Waals surface area contributed by atoms with Crippen molar-refractivity contribution in [2.45, 2.75) is 31.7 Å². The average Bonchev–Trinajstić information content (AvgIpc) is 2.83. The smallest absolute Gasteiger partial charge is 0.231 e. The molecule has 1 aliphatic rings. The van der Waals surface area contributed by atoms with E-state index in [0.29, 0.717) is 5.92 Å². The summed E-state index contributed by atoms with van der Waals surface area (Å²) in [5, 5.41) is 4.00. The monoisotopic (exact) mass is 266 g/mol. The van der Waals surface area contributed by atoms with Gasteiger partial charge in [-0.15, -0.1) is 0 Å². The molecule has 0 bridgehead atoms. The summed E-state index contributed by atoms with van der Waals surface area (Å²) < 4.78 is 0. The molecule has 0 spiro atoms. The number of amides is 1. The zero-order valence-corrected chi connectivity index (χ0v) is 11.1. The molecule has 0 heterocycles. The number of benzene rings is 1. The van der Waals surface area contributed by atoms with E-state index in [1.165, 1.54) is 25.7 Å². The summed E-state index contributed by atoms with van der Waals surface area (Å²) in [5.74, 6) is 0.253. The summed E-state index contributed by atoms with van der Waals surface area (Å²) in [6.45, 7) is 0.216. The van der Waals surface area contributed by atoms with E-state index >= 15 is 0 Å². The highest BCUT2D eigenvalue weighted by molar-refractivity contribution is 6.30. The number of halogens is 1. The predicted octanol–water partition coefficient (Wildman–Crippen LogP) is 2.65. The Labute approximate surface area is 113 Å². The third-order valence-corrected chi connectivity index (χ3v) is 3.81. The first-order valence-electron chi connectivity index (χ1n) is 6.44. The Morgan fingerprint density at radius 1 is 1.44 bits per heavy atom. The highest BCUT2D eigenvalue weighted by Crippen LogP contribution is 2.36. The lowest BCUT2D eigenvalue weighted by Crippen LogP contribution is -2.34. The Morgan fingerprint density at radius 3 is 2.78 bits per heavy atom. The molecule has 1 atom stereocenters. The van der Waals surface area contributed by atoms with Crippen LogP contribution in [0.1, 0.15) is 37.3 Å². The Kier molecular flexibility index (Phi) is 4.61. The number of primary amides is 1. The van der Waals surface area contributed by atoms with E-state index < -0.39 is 0 Å². The largest absolute Gasteiger partial charge is 0.369 e. The quantitative estimate of drug-likeness (QED) is 0.861. The van der Waals surface area contributed by atoms with Crippen molar-refractivity contribution in [1.82, 2.24) is 5.32 Å². The maximum atomic E-state index is 11.0. The molecule has 1 amide bonds. The van der Waals surface area contributed by atoms with E-state index in [-0.39, 0.29) is 18.5 Å². The molecule has 1 aromatic carbocycles. The lowest BCUT2D eigenvalue weighted by atomic mass is 9.91. The lowest BCUT2D eigenvalue weighted by Gasteiger charge is -2.25. The molecule has 1 aromatic rings. The molecule has 0 aliphatic heterocycles. The van der Waals surface area contributed by atoms with Crippen molar-refractivity contribution in [3.05, 3.63) is 34.9 Å². The second-order valence-corrected chi connectivity index (χ2v) is 5.36. The zero-order chi connectivity index (χ0) is 13.0. The van der Waals surface area contributed by atoms with Gasteiger partial charge in [-0.3, -0.25) is 4.79 Å². The molecular formula is C14H19ClN2O. The van der Waals surface area contributed by atoms with Gasteiger partial charge in [-0.1, -0.05) is 36.6 Å². The summed E-state index contributed by atoms with van der Waals surface area (Å²) in [6.07, 6.45) is 4.92. The van der Waals surface area contributed by atoms with Gasteiger partial charge in [0.2, 0.25) is 5.91 Å². The molecule has 0 radical (unpaired) electrons. The van der Waals surface area contributed by atoms with Gasteiger partial charge in [-0.05, 0) is 36.5 Å². The van der Waals surface area contributed by atoms with Crippen LogP contribution < -0.4 is 11.1 Å². The van der Waals surface area contributed by atoms with Gasteiger partial charge >= 0.3 is 0 Å². The molecule has 3 nitrogen and oxygen atoms in total. The number of hydrogen-bond acceptors (Lipinski definition) is 2. The molecule has 18 heavy (non-hydrogen) atoms. The summed E-state index contributed by atoms with van der Waals surface area (Å²) in [5.41, 5.74) is 6.37. The van der Waals surface area contributed by atoms with Crippen LogP contribution >= 0.6 is 11.6 Å². The van der Waals surface area contributed by atoms with Crippen molar-refractivity contribution in [3.8, 4) is 0 Å². The second-order valence-electron chi connectivity index (χ2n) is 4.92. The third kappa shape index (κ3) is 3.47. The summed E-state index contributed by atoms with van der Waals surface area (Å²) in [6, 6.07) is 8.02. The van der Waals surface area contributed by atoms with E-state index in [4.69, 9.17) is 17.3 Å². The summed E-state index contributed by atoms with van der Waals surface area (Å²) >= 11 is 6.04. The molecule has 1 aliphatic carbocycles. The van der Waals surface area contributed by atoms with Crippen LogP contribution in [0.2, 0.25) is 5.02 Å². The average molecular weight is 267 g/mol. The minimum atomic E-state index is -0.319.